The predicted molar refractivity (Wildman–Crippen MR) is 116 cm³/mol. The average molecular weight is 367 g/mol. The number of piperazine rings is 1. The van der Waals surface area contributed by atoms with Gasteiger partial charge in [-0.3, -0.25) is 0 Å². The lowest BCUT2D eigenvalue weighted by molar-refractivity contribution is 0.341. The second kappa shape index (κ2) is 8.39. The number of rotatable bonds is 6. The maximum absolute atomic E-state index is 4.49. The molecule has 1 aromatic rings. The van der Waals surface area contributed by atoms with Crippen LogP contribution in [0.5, 0.6) is 0 Å². The monoisotopic (exact) mass is 366 g/mol. The largest absolute Gasteiger partial charge is 0.371 e. The molecule has 2 aliphatic heterocycles. The first-order chi connectivity index (χ1) is 13.2. The molecule has 0 spiro atoms. The Balaban J connectivity index is 1.61. The molecule has 0 unspecified atom stereocenters. The fraction of sp³-hybridized carbons (Fsp3) is 0.565. The molecule has 0 amide bonds. The standard InChI is InChI=1S/C23H34N4/c1-18(20-7-8-20)25-21-9-10-22(19(2)26-15-11-24-12-16-26)23(17-21)27-13-5-3-4-6-14-27/h9-10,17,20,24-25H,1-8,11-16H2. The van der Waals surface area contributed by atoms with Crippen molar-refractivity contribution in [1.82, 2.24) is 10.2 Å². The van der Waals surface area contributed by atoms with Gasteiger partial charge >= 0.3 is 0 Å². The molecule has 4 rings (SSSR count). The quantitative estimate of drug-likeness (QED) is 0.787. The first-order valence-electron chi connectivity index (χ1n) is 10.7. The topological polar surface area (TPSA) is 30.5 Å². The highest BCUT2D eigenvalue weighted by Crippen LogP contribution is 2.38. The zero-order valence-corrected chi connectivity index (χ0v) is 16.6. The average Bonchev–Trinajstić information content (AvgIpc) is 3.55. The first kappa shape index (κ1) is 18.4. The SMILES string of the molecule is C=C(Nc1ccc(C(=C)N2CCNCC2)c(N2CCCCCC2)c1)C1CC1. The number of nitrogens with one attached hydrogen (secondary N) is 2. The van der Waals surface area contributed by atoms with E-state index in [0.29, 0.717) is 5.92 Å². The molecule has 0 atom stereocenters. The van der Waals surface area contributed by atoms with Gasteiger partial charge in [0, 0.05) is 67.6 Å². The van der Waals surface area contributed by atoms with Gasteiger partial charge in [-0.25, -0.2) is 0 Å². The maximum Gasteiger partial charge on any atom is 0.0481 e. The molecule has 27 heavy (non-hydrogen) atoms. The summed E-state index contributed by atoms with van der Waals surface area (Å²) in [5.74, 6) is 0.669. The van der Waals surface area contributed by atoms with Gasteiger partial charge in [0.1, 0.15) is 0 Å². The van der Waals surface area contributed by atoms with Gasteiger partial charge in [0.05, 0.1) is 0 Å². The van der Waals surface area contributed by atoms with E-state index < -0.39 is 0 Å². The second-order valence-corrected chi connectivity index (χ2v) is 8.24. The van der Waals surface area contributed by atoms with E-state index in [1.54, 1.807) is 0 Å². The summed E-state index contributed by atoms with van der Waals surface area (Å²) in [6.07, 6.45) is 7.82. The molecule has 0 aromatic heterocycles. The molecule has 1 aromatic carbocycles. The summed E-state index contributed by atoms with van der Waals surface area (Å²) in [6.45, 7) is 15.2. The van der Waals surface area contributed by atoms with Crippen LogP contribution >= 0.6 is 0 Å². The van der Waals surface area contributed by atoms with E-state index in [-0.39, 0.29) is 0 Å². The van der Waals surface area contributed by atoms with Crippen LogP contribution in [0.3, 0.4) is 0 Å². The number of nitrogens with zero attached hydrogens (tertiary/aromatic N) is 2. The van der Waals surface area contributed by atoms with E-state index in [0.717, 1.165) is 39.3 Å². The van der Waals surface area contributed by atoms with Crippen molar-refractivity contribution in [2.45, 2.75) is 38.5 Å². The Kier molecular flexibility index (Phi) is 5.72. The minimum absolute atomic E-state index is 0.669. The lowest BCUT2D eigenvalue weighted by Gasteiger charge is -2.34. The van der Waals surface area contributed by atoms with Crippen LogP contribution in [0.4, 0.5) is 11.4 Å². The summed E-state index contributed by atoms with van der Waals surface area (Å²) < 4.78 is 0. The zero-order chi connectivity index (χ0) is 18.6. The van der Waals surface area contributed by atoms with Crippen molar-refractivity contribution in [3.8, 4) is 0 Å². The molecule has 1 aliphatic carbocycles. The van der Waals surface area contributed by atoms with Crippen molar-refractivity contribution < 1.29 is 0 Å². The predicted octanol–water partition coefficient (Wildman–Crippen LogP) is 4.28. The summed E-state index contributed by atoms with van der Waals surface area (Å²) in [4.78, 5) is 5.02. The lowest BCUT2D eigenvalue weighted by atomic mass is 10.1. The van der Waals surface area contributed by atoms with Crippen molar-refractivity contribution >= 4 is 17.1 Å². The van der Waals surface area contributed by atoms with Gasteiger partial charge in [-0.1, -0.05) is 26.0 Å². The Hall–Kier alpha value is -1.94. The Bertz CT molecular complexity index is 678. The normalized spacial score (nSPS) is 20.9. The molecule has 1 saturated carbocycles. The zero-order valence-electron chi connectivity index (χ0n) is 16.6. The minimum Gasteiger partial charge on any atom is -0.371 e. The van der Waals surface area contributed by atoms with Crippen LogP contribution in [0, 0.1) is 5.92 Å². The molecule has 4 heteroatoms. The molecule has 0 radical (unpaired) electrons. The fourth-order valence-electron chi connectivity index (χ4n) is 4.25. The third-order valence-corrected chi connectivity index (χ3v) is 6.13. The number of hydrogen-bond donors (Lipinski definition) is 2. The molecule has 2 N–H and O–H groups in total. The van der Waals surface area contributed by atoms with Crippen molar-refractivity contribution in [3.63, 3.8) is 0 Å². The third-order valence-electron chi connectivity index (χ3n) is 6.13. The lowest BCUT2D eigenvalue weighted by Crippen LogP contribution is -2.42. The van der Waals surface area contributed by atoms with Gasteiger partial charge in [-0.05, 0) is 49.8 Å². The van der Waals surface area contributed by atoms with Gasteiger partial charge in [-0.15, -0.1) is 0 Å². The highest BCUT2D eigenvalue weighted by Gasteiger charge is 2.25. The maximum atomic E-state index is 4.49. The van der Waals surface area contributed by atoms with E-state index in [9.17, 15) is 0 Å². The summed E-state index contributed by atoms with van der Waals surface area (Å²) in [6, 6.07) is 6.81. The summed E-state index contributed by atoms with van der Waals surface area (Å²) in [5, 5.41) is 7.01. The van der Waals surface area contributed by atoms with E-state index >= 15 is 0 Å². The molecule has 0 bridgehead atoms. The Morgan fingerprint density at radius 2 is 1.67 bits per heavy atom. The number of allylic oxidation sites excluding steroid dienone is 1. The van der Waals surface area contributed by atoms with E-state index in [4.69, 9.17) is 0 Å². The highest BCUT2D eigenvalue weighted by atomic mass is 15.2. The first-order valence-corrected chi connectivity index (χ1v) is 10.7. The third kappa shape index (κ3) is 4.49. The van der Waals surface area contributed by atoms with Crippen LogP contribution in [0.15, 0.2) is 37.1 Å². The number of anilines is 2. The molecule has 3 fully saturated rings. The Morgan fingerprint density at radius 1 is 0.963 bits per heavy atom. The van der Waals surface area contributed by atoms with Crippen molar-refractivity contribution in [2.75, 3.05) is 49.5 Å². The van der Waals surface area contributed by atoms with E-state index in [2.05, 4.69) is 51.8 Å². The van der Waals surface area contributed by atoms with Crippen LogP contribution in [0.25, 0.3) is 5.70 Å². The molecule has 2 saturated heterocycles. The summed E-state index contributed by atoms with van der Waals surface area (Å²) >= 11 is 0. The fourth-order valence-corrected chi connectivity index (χ4v) is 4.25. The van der Waals surface area contributed by atoms with Gasteiger partial charge in [0.2, 0.25) is 0 Å². The molecule has 2 heterocycles. The number of hydrogen-bond acceptors (Lipinski definition) is 4. The molecular weight excluding hydrogens is 332 g/mol. The van der Waals surface area contributed by atoms with Crippen molar-refractivity contribution in [3.05, 3.63) is 42.6 Å². The van der Waals surface area contributed by atoms with Crippen LogP contribution < -0.4 is 15.5 Å². The van der Waals surface area contributed by atoms with Crippen LogP contribution in [-0.4, -0.2) is 44.2 Å². The van der Waals surface area contributed by atoms with Gasteiger partial charge in [0.25, 0.3) is 0 Å². The van der Waals surface area contributed by atoms with Crippen LogP contribution in [-0.2, 0) is 0 Å². The van der Waals surface area contributed by atoms with Gasteiger partial charge < -0.3 is 20.4 Å². The second-order valence-electron chi connectivity index (χ2n) is 8.24. The molecule has 4 nitrogen and oxygen atoms in total. The van der Waals surface area contributed by atoms with Gasteiger partial charge in [0.15, 0.2) is 0 Å². The molecule has 3 aliphatic rings. The highest BCUT2D eigenvalue weighted by molar-refractivity contribution is 5.78. The Labute approximate surface area is 164 Å². The van der Waals surface area contributed by atoms with Gasteiger partial charge in [-0.2, -0.15) is 0 Å². The summed E-state index contributed by atoms with van der Waals surface area (Å²) in [5.41, 5.74) is 6.15. The molecule has 146 valence electrons. The van der Waals surface area contributed by atoms with Crippen molar-refractivity contribution in [1.29, 1.82) is 0 Å². The van der Waals surface area contributed by atoms with E-state index in [1.165, 1.54) is 66.9 Å². The van der Waals surface area contributed by atoms with E-state index in [1.807, 2.05) is 0 Å². The van der Waals surface area contributed by atoms with Crippen molar-refractivity contribution in [2.24, 2.45) is 5.92 Å². The van der Waals surface area contributed by atoms with Crippen LogP contribution in [0.1, 0.15) is 44.1 Å². The smallest absolute Gasteiger partial charge is 0.0481 e. The molecular formula is C23H34N4. The summed E-state index contributed by atoms with van der Waals surface area (Å²) in [7, 11) is 0. The minimum atomic E-state index is 0.669. The number of benzene rings is 1. The van der Waals surface area contributed by atoms with Crippen LogP contribution in [0.2, 0.25) is 0 Å². The Morgan fingerprint density at radius 3 is 2.33 bits per heavy atom.